The fraction of sp³-hybridized carbons (Fsp3) is 0.500. The van der Waals surface area contributed by atoms with Crippen LogP contribution < -0.4 is 20.7 Å². The van der Waals surface area contributed by atoms with Gasteiger partial charge in [-0.2, -0.15) is 5.26 Å². The number of aromatic nitrogens is 2. The molecule has 0 spiro atoms. The lowest BCUT2D eigenvalue weighted by Crippen LogP contribution is -2.58. The zero-order chi connectivity index (χ0) is 43.0. The molecule has 2 aliphatic rings. The lowest BCUT2D eigenvalue weighted by Gasteiger charge is -2.46. The molecule has 4 atom stereocenters. The summed E-state index contributed by atoms with van der Waals surface area (Å²) in [7, 11) is 4.10. The van der Waals surface area contributed by atoms with Crippen molar-refractivity contribution in [3.8, 4) is 17.6 Å². The third kappa shape index (κ3) is 9.87. The molecule has 0 radical (unpaired) electrons. The molecule has 14 heteroatoms. The van der Waals surface area contributed by atoms with Crippen molar-refractivity contribution in [2.24, 2.45) is 0 Å². The van der Waals surface area contributed by atoms with Crippen LogP contribution >= 0.6 is 8.30 Å². The minimum absolute atomic E-state index is 0.0509. The number of hydrogen-bond donors (Lipinski definition) is 1. The number of rotatable bonds is 18. The van der Waals surface area contributed by atoms with Crippen LogP contribution in [0.5, 0.6) is 11.5 Å². The first-order valence-corrected chi connectivity index (χ1v) is 22.2. The lowest BCUT2D eigenvalue weighted by molar-refractivity contribution is -0.168. The number of aromatic amines is 1. The zero-order valence-electron chi connectivity index (χ0n) is 36.3. The molecule has 3 aromatic carbocycles. The second-order valence-corrected chi connectivity index (χ2v) is 18.2. The average molecular weight is 841 g/mol. The molecule has 0 bridgehead atoms. The van der Waals surface area contributed by atoms with Gasteiger partial charge in [-0.3, -0.25) is 23.9 Å². The molecule has 4 aromatic rings. The molecule has 322 valence electrons. The quantitative estimate of drug-likeness (QED) is 0.0869. The maximum absolute atomic E-state index is 13.6. The molecule has 0 aliphatic carbocycles. The van der Waals surface area contributed by atoms with Crippen LogP contribution in [0.25, 0.3) is 0 Å². The smallest absolute Gasteiger partial charge is 0.330 e. The van der Waals surface area contributed by atoms with Crippen LogP contribution in [0.4, 0.5) is 0 Å². The number of nitrogens with zero attached hydrogens (tertiary/aromatic N) is 5. The number of nitriles is 1. The summed E-state index contributed by atoms with van der Waals surface area (Å²) in [4.78, 5) is 33.5. The van der Waals surface area contributed by atoms with Crippen molar-refractivity contribution in [3.63, 3.8) is 0 Å². The predicted octanol–water partition coefficient (Wildman–Crippen LogP) is 6.51. The van der Waals surface area contributed by atoms with Gasteiger partial charge in [0, 0.05) is 75.6 Å². The van der Waals surface area contributed by atoms with E-state index in [1.165, 1.54) is 4.57 Å². The average Bonchev–Trinajstić information content (AvgIpc) is 3.59. The van der Waals surface area contributed by atoms with Crippen molar-refractivity contribution in [2.45, 2.75) is 83.1 Å². The summed E-state index contributed by atoms with van der Waals surface area (Å²) in [5.74, 6) is 1.43. The molecule has 1 aromatic heterocycles. The number of hydrogen-bond acceptors (Lipinski definition) is 11. The molecular weight excluding hydrogens is 780 g/mol. The van der Waals surface area contributed by atoms with Crippen LogP contribution in [0.3, 0.4) is 0 Å². The molecular formula is C46H61N6O7P. The molecule has 1 unspecified atom stereocenters. The van der Waals surface area contributed by atoms with Crippen molar-refractivity contribution < 1.29 is 23.5 Å². The summed E-state index contributed by atoms with van der Waals surface area (Å²) in [6.07, 6.45) is 1.36. The van der Waals surface area contributed by atoms with Crippen molar-refractivity contribution >= 4 is 8.30 Å². The van der Waals surface area contributed by atoms with Crippen molar-refractivity contribution in [1.82, 2.24) is 24.0 Å². The largest absolute Gasteiger partial charge is 0.497 e. The van der Waals surface area contributed by atoms with Gasteiger partial charge < -0.3 is 28.4 Å². The predicted molar refractivity (Wildman–Crippen MR) is 235 cm³/mol. The molecule has 60 heavy (non-hydrogen) atoms. The Kier molecular flexibility index (Phi) is 15.0. The monoisotopic (exact) mass is 840 g/mol. The molecule has 0 amide bonds. The van der Waals surface area contributed by atoms with Gasteiger partial charge in [-0.1, -0.05) is 54.6 Å². The maximum atomic E-state index is 13.6. The van der Waals surface area contributed by atoms with E-state index in [0.717, 1.165) is 42.9 Å². The molecule has 1 N–H and O–H groups in total. The Bertz CT molecular complexity index is 2090. The second-order valence-electron chi connectivity index (χ2n) is 16.4. The van der Waals surface area contributed by atoms with Gasteiger partial charge in [0.2, 0.25) is 0 Å². The Morgan fingerprint density at radius 3 is 2.00 bits per heavy atom. The molecule has 13 nitrogen and oxygen atoms in total. The Labute approximate surface area is 355 Å². The summed E-state index contributed by atoms with van der Waals surface area (Å²) in [5, 5.41) is 9.86. The number of benzene rings is 3. The third-order valence-corrected chi connectivity index (χ3v) is 14.1. The highest BCUT2D eigenvalue weighted by atomic mass is 31.2. The highest BCUT2D eigenvalue weighted by molar-refractivity contribution is 7.50. The maximum Gasteiger partial charge on any atom is 0.330 e. The Morgan fingerprint density at radius 1 is 0.900 bits per heavy atom. The minimum Gasteiger partial charge on any atom is -0.497 e. The SMILES string of the molecule is COc1ccc(C(OC[C@@]2(CN3CCN(C)CC3)O[C@@H](n3cc(C)c(=O)[nH]c3=O)C[C@@H]2OP(CCC#N)N(C(C)C)C(C)C)(c2ccccc2)c2ccc(OC)cc2)cc1. The Hall–Kier alpha value is -4.38. The van der Waals surface area contributed by atoms with Gasteiger partial charge in [-0.05, 0) is 82.6 Å². The van der Waals surface area contributed by atoms with Crippen LogP contribution in [0, 0.1) is 18.3 Å². The van der Waals surface area contributed by atoms with Crippen molar-refractivity contribution in [3.05, 3.63) is 128 Å². The fourth-order valence-electron chi connectivity index (χ4n) is 8.53. The van der Waals surface area contributed by atoms with E-state index in [-0.39, 0.29) is 18.7 Å². The van der Waals surface area contributed by atoms with Gasteiger partial charge >= 0.3 is 5.69 Å². The van der Waals surface area contributed by atoms with Crippen LogP contribution in [-0.2, 0) is 19.6 Å². The van der Waals surface area contributed by atoms with Crippen LogP contribution in [-0.4, -0.2) is 115 Å². The van der Waals surface area contributed by atoms with Crippen molar-refractivity contribution in [1.29, 1.82) is 5.26 Å². The molecule has 2 saturated heterocycles. The van der Waals surface area contributed by atoms with Gasteiger partial charge in [-0.25, -0.2) is 4.79 Å². The first kappa shape index (κ1) is 45.2. The fourth-order valence-corrected chi connectivity index (χ4v) is 10.9. The highest BCUT2D eigenvalue weighted by Gasteiger charge is 2.55. The lowest BCUT2D eigenvalue weighted by atomic mass is 9.79. The number of ether oxygens (including phenoxy) is 4. The van der Waals surface area contributed by atoms with E-state index in [0.29, 0.717) is 42.6 Å². The number of methoxy groups -OCH3 is 2. The number of nitrogens with one attached hydrogen (secondary N) is 1. The van der Waals surface area contributed by atoms with Crippen LogP contribution in [0.2, 0.25) is 0 Å². The van der Waals surface area contributed by atoms with Gasteiger partial charge in [0.25, 0.3) is 5.56 Å². The summed E-state index contributed by atoms with van der Waals surface area (Å²) in [6, 6.07) is 28.6. The van der Waals surface area contributed by atoms with E-state index in [1.807, 2.05) is 66.7 Å². The molecule has 3 heterocycles. The second kappa shape index (κ2) is 20.0. The van der Waals surface area contributed by atoms with E-state index in [4.69, 9.17) is 23.5 Å². The summed E-state index contributed by atoms with van der Waals surface area (Å²) < 4.78 is 37.5. The first-order chi connectivity index (χ1) is 28.8. The standard InChI is InChI=1S/C46H61N6O7P/c1-33(2)52(34(3)4)60(28-12-23-47)59-41-29-42(51-30-35(5)43(53)48-44(51)54)58-45(41,31-50-26-24-49(6)25-27-50)32-57-46(36-13-10-9-11-14-36,37-15-19-39(55-7)20-16-37)38-17-21-40(56-8)22-18-38/h9-11,13-22,30,33-34,41-42H,12,24-29,31-32H2,1-8H3,(H,48,53,54)/t41-,42+,45+,60?/m0/s1. The highest BCUT2D eigenvalue weighted by Crippen LogP contribution is 2.53. The van der Waals surface area contributed by atoms with E-state index >= 15 is 0 Å². The third-order valence-electron chi connectivity index (χ3n) is 11.6. The Morgan fingerprint density at radius 2 is 1.47 bits per heavy atom. The number of aryl methyl sites for hydroxylation is 1. The van der Waals surface area contributed by atoms with Gasteiger partial charge in [0.15, 0.2) is 0 Å². The summed E-state index contributed by atoms with van der Waals surface area (Å²) in [5.41, 5.74) is -0.268. The van der Waals surface area contributed by atoms with Crippen LogP contribution in [0.15, 0.2) is 94.6 Å². The zero-order valence-corrected chi connectivity index (χ0v) is 37.2. The summed E-state index contributed by atoms with van der Waals surface area (Å²) >= 11 is 0. The molecule has 6 rings (SSSR count). The van der Waals surface area contributed by atoms with Crippen molar-refractivity contribution in [2.75, 3.05) is 66.8 Å². The van der Waals surface area contributed by atoms with E-state index in [2.05, 4.69) is 72.4 Å². The molecule has 2 fully saturated rings. The van der Waals surface area contributed by atoms with E-state index in [1.54, 1.807) is 27.3 Å². The van der Waals surface area contributed by atoms with E-state index in [9.17, 15) is 14.9 Å². The normalized spacial score (nSPS) is 20.8. The number of piperazine rings is 1. The van der Waals surface area contributed by atoms with Crippen LogP contribution in [0.1, 0.15) is 69.0 Å². The summed E-state index contributed by atoms with van der Waals surface area (Å²) in [6.45, 7) is 14.1. The Balaban J connectivity index is 1.56. The minimum atomic E-state index is -1.32. The topological polar surface area (TPSA) is 135 Å². The van der Waals surface area contributed by atoms with Gasteiger partial charge in [0.1, 0.15) is 43.3 Å². The number of likely N-dealkylation sites (N-methyl/N-ethyl adjacent to an activating group) is 1. The molecule has 0 saturated carbocycles. The molecule has 2 aliphatic heterocycles. The van der Waals surface area contributed by atoms with Gasteiger partial charge in [-0.15, -0.1) is 0 Å². The van der Waals surface area contributed by atoms with E-state index < -0.39 is 43.1 Å². The van der Waals surface area contributed by atoms with Gasteiger partial charge in [0.05, 0.1) is 26.9 Å². The number of H-pyrrole nitrogens is 1. The first-order valence-electron chi connectivity index (χ1n) is 20.8.